The Kier molecular flexibility index (Phi) is 4.39. The molecule has 0 radical (unpaired) electrons. The van der Waals surface area contributed by atoms with Crippen molar-refractivity contribution in [3.8, 4) is 10.6 Å². The summed E-state index contributed by atoms with van der Waals surface area (Å²) in [6.45, 7) is 9.33. The van der Waals surface area contributed by atoms with Gasteiger partial charge in [0.15, 0.2) is 5.69 Å². The molecule has 3 rings (SSSR count). The van der Waals surface area contributed by atoms with Crippen molar-refractivity contribution in [2.45, 2.75) is 38.6 Å². The van der Waals surface area contributed by atoms with Gasteiger partial charge in [0.05, 0.1) is 12.6 Å². The van der Waals surface area contributed by atoms with Gasteiger partial charge in [0.25, 0.3) is 0 Å². The van der Waals surface area contributed by atoms with E-state index in [1.165, 1.54) is 25.7 Å². The first kappa shape index (κ1) is 15.0. The highest BCUT2D eigenvalue weighted by Gasteiger charge is 2.17. The summed E-state index contributed by atoms with van der Waals surface area (Å²) in [7, 11) is 1.96. The van der Waals surface area contributed by atoms with Crippen molar-refractivity contribution in [1.82, 2.24) is 9.78 Å². The Labute approximate surface area is 135 Å². The molecule has 1 aromatic carbocycles. The molecule has 5 heteroatoms. The van der Waals surface area contributed by atoms with Crippen LogP contribution in [0.1, 0.15) is 32.6 Å². The van der Waals surface area contributed by atoms with Crippen molar-refractivity contribution >= 4 is 17.0 Å². The molecule has 0 atom stereocenters. The zero-order valence-electron chi connectivity index (χ0n) is 13.0. The first-order chi connectivity index (χ1) is 10.7. The predicted molar refractivity (Wildman–Crippen MR) is 89.8 cm³/mol. The van der Waals surface area contributed by atoms with E-state index in [-0.39, 0.29) is 0 Å². The van der Waals surface area contributed by atoms with Crippen LogP contribution in [-0.4, -0.2) is 15.8 Å². The maximum Gasteiger partial charge on any atom is 0.203 e. The second-order valence-electron chi connectivity index (χ2n) is 6.01. The van der Waals surface area contributed by atoms with Gasteiger partial charge in [-0.3, -0.25) is 4.99 Å². The first-order valence-corrected chi connectivity index (χ1v) is 8.53. The number of aromatic nitrogens is 2. The molecule has 1 aromatic heterocycles. The molecule has 0 bridgehead atoms. The SMILES string of the molecule is [C-]#[N+]c1ccc(-c2nn(C)c(=NC3CCC(C)CC3)s2)cc1. The Morgan fingerprint density at radius 3 is 2.55 bits per heavy atom. The highest BCUT2D eigenvalue weighted by atomic mass is 32.1. The highest BCUT2D eigenvalue weighted by molar-refractivity contribution is 7.12. The van der Waals surface area contributed by atoms with E-state index in [9.17, 15) is 0 Å². The summed E-state index contributed by atoms with van der Waals surface area (Å²) in [5, 5.41) is 5.54. The molecule has 22 heavy (non-hydrogen) atoms. The first-order valence-electron chi connectivity index (χ1n) is 7.71. The minimum atomic E-state index is 0.445. The van der Waals surface area contributed by atoms with Gasteiger partial charge >= 0.3 is 0 Å². The average Bonchev–Trinajstić information content (AvgIpc) is 2.91. The molecule has 2 aromatic rings. The Hall–Kier alpha value is -1.93. The van der Waals surface area contributed by atoms with Gasteiger partial charge in [-0.25, -0.2) is 9.53 Å². The van der Waals surface area contributed by atoms with E-state index in [1.54, 1.807) is 11.3 Å². The lowest BCUT2D eigenvalue weighted by Gasteiger charge is -2.22. The van der Waals surface area contributed by atoms with Crippen molar-refractivity contribution in [3.05, 3.63) is 40.5 Å². The molecule has 1 fully saturated rings. The minimum absolute atomic E-state index is 0.445. The molecule has 0 aliphatic heterocycles. The Morgan fingerprint density at radius 1 is 1.23 bits per heavy atom. The van der Waals surface area contributed by atoms with Crippen LogP contribution in [0.15, 0.2) is 29.3 Å². The van der Waals surface area contributed by atoms with Crippen LogP contribution in [0.4, 0.5) is 5.69 Å². The Balaban J connectivity index is 1.85. The van der Waals surface area contributed by atoms with E-state index in [2.05, 4.69) is 16.9 Å². The summed E-state index contributed by atoms with van der Waals surface area (Å²) >= 11 is 1.63. The van der Waals surface area contributed by atoms with Crippen molar-refractivity contribution in [3.63, 3.8) is 0 Å². The summed E-state index contributed by atoms with van der Waals surface area (Å²) in [5.41, 5.74) is 1.71. The molecule has 0 spiro atoms. The molecule has 0 unspecified atom stereocenters. The lowest BCUT2D eigenvalue weighted by atomic mass is 9.88. The Morgan fingerprint density at radius 2 is 1.91 bits per heavy atom. The molecule has 1 aliphatic carbocycles. The van der Waals surface area contributed by atoms with Gasteiger partial charge < -0.3 is 0 Å². The second-order valence-corrected chi connectivity index (χ2v) is 6.97. The lowest BCUT2D eigenvalue weighted by Crippen LogP contribution is -2.21. The van der Waals surface area contributed by atoms with Crippen LogP contribution in [0, 0.1) is 12.5 Å². The third-order valence-corrected chi connectivity index (χ3v) is 5.29. The molecule has 1 heterocycles. The Bertz CT molecular complexity index is 740. The maximum absolute atomic E-state index is 7.01. The van der Waals surface area contributed by atoms with Crippen LogP contribution >= 0.6 is 11.3 Å². The van der Waals surface area contributed by atoms with Gasteiger partial charge in [-0.05, 0) is 31.6 Å². The van der Waals surface area contributed by atoms with Gasteiger partial charge in [-0.1, -0.05) is 42.5 Å². The van der Waals surface area contributed by atoms with Gasteiger partial charge in [-0.2, -0.15) is 5.10 Å². The second kappa shape index (κ2) is 6.45. The van der Waals surface area contributed by atoms with Gasteiger partial charge in [0.2, 0.25) is 4.80 Å². The van der Waals surface area contributed by atoms with Crippen LogP contribution in [0.5, 0.6) is 0 Å². The largest absolute Gasteiger partial charge is 0.254 e. The van der Waals surface area contributed by atoms with E-state index >= 15 is 0 Å². The number of rotatable bonds is 2. The fraction of sp³-hybridized carbons (Fsp3) is 0.471. The smallest absolute Gasteiger partial charge is 0.203 e. The van der Waals surface area contributed by atoms with Gasteiger partial charge in [0, 0.05) is 12.6 Å². The molecular weight excluding hydrogens is 292 g/mol. The van der Waals surface area contributed by atoms with Gasteiger partial charge in [-0.15, -0.1) is 0 Å². The zero-order chi connectivity index (χ0) is 15.5. The molecule has 1 saturated carbocycles. The van der Waals surface area contributed by atoms with E-state index in [0.29, 0.717) is 11.7 Å². The van der Waals surface area contributed by atoms with Gasteiger partial charge in [0.1, 0.15) is 5.01 Å². The predicted octanol–water partition coefficient (Wildman–Crippen LogP) is 4.18. The highest BCUT2D eigenvalue weighted by Crippen LogP contribution is 2.26. The van der Waals surface area contributed by atoms with Crippen molar-refractivity contribution < 1.29 is 0 Å². The fourth-order valence-electron chi connectivity index (χ4n) is 2.78. The minimum Gasteiger partial charge on any atom is -0.254 e. The van der Waals surface area contributed by atoms with E-state index in [4.69, 9.17) is 11.6 Å². The van der Waals surface area contributed by atoms with E-state index in [1.807, 2.05) is 36.0 Å². The third kappa shape index (κ3) is 3.28. The summed E-state index contributed by atoms with van der Waals surface area (Å²) in [6, 6.07) is 8.03. The van der Waals surface area contributed by atoms with Crippen LogP contribution in [0.25, 0.3) is 15.4 Å². The molecule has 0 saturated heterocycles. The summed E-state index contributed by atoms with van der Waals surface area (Å²) in [4.78, 5) is 9.31. The normalized spacial score (nSPS) is 22.5. The summed E-state index contributed by atoms with van der Waals surface area (Å²) in [6.07, 6.45) is 4.94. The zero-order valence-corrected chi connectivity index (χ0v) is 13.8. The lowest BCUT2D eigenvalue weighted by molar-refractivity contribution is 0.344. The molecule has 1 aliphatic rings. The number of benzene rings is 1. The number of hydrogen-bond acceptors (Lipinski definition) is 3. The number of nitrogens with zero attached hydrogens (tertiary/aromatic N) is 4. The average molecular weight is 312 g/mol. The van der Waals surface area contributed by atoms with Crippen LogP contribution in [0.2, 0.25) is 0 Å². The quantitative estimate of drug-likeness (QED) is 0.766. The summed E-state index contributed by atoms with van der Waals surface area (Å²) < 4.78 is 1.88. The number of hydrogen-bond donors (Lipinski definition) is 0. The van der Waals surface area contributed by atoms with E-state index < -0.39 is 0 Å². The van der Waals surface area contributed by atoms with Crippen LogP contribution in [0.3, 0.4) is 0 Å². The topological polar surface area (TPSA) is 34.5 Å². The standard InChI is InChI=1S/C17H20N4S/c1-12-4-8-15(9-5-12)19-17-21(3)20-16(22-17)13-6-10-14(18-2)11-7-13/h6-7,10-12,15H,4-5,8-9H2,1,3H3. The van der Waals surface area contributed by atoms with E-state index in [0.717, 1.165) is 21.3 Å². The number of aryl methyl sites for hydroxylation is 1. The van der Waals surface area contributed by atoms with Crippen molar-refractivity contribution in [2.75, 3.05) is 0 Å². The third-order valence-electron chi connectivity index (χ3n) is 4.23. The molecule has 0 amide bonds. The molecular formula is C17H20N4S. The molecule has 114 valence electrons. The van der Waals surface area contributed by atoms with Crippen molar-refractivity contribution in [1.29, 1.82) is 0 Å². The fourth-order valence-corrected chi connectivity index (χ4v) is 3.75. The van der Waals surface area contributed by atoms with Crippen molar-refractivity contribution in [2.24, 2.45) is 18.0 Å². The molecule has 4 nitrogen and oxygen atoms in total. The summed E-state index contributed by atoms with van der Waals surface area (Å²) in [5.74, 6) is 0.846. The van der Waals surface area contributed by atoms with Crippen LogP contribution < -0.4 is 4.80 Å². The molecule has 0 N–H and O–H groups in total. The van der Waals surface area contributed by atoms with Crippen LogP contribution in [-0.2, 0) is 7.05 Å². The monoisotopic (exact) mass is 312 g/mol. The maximum atomic E-state index is 7.01.